The molecule has 0 radical (unpaired) electrons. The topological polar surface area (TPSA) is 35.9 Å². The Balaban J connectivity index is 1.66. The Kier molecular flexibility index (Phi) is 7.02. The van der Waals surface area contributed by atoms with Crippen LogP contribution in [-0.4, -0.2) is 72.3 Å². The molecular weight excluding hydrogens is 296 g/mol. The second-order valence-corrected chi connectivity index (χ2v) is 8.81. The summed E-state index contributed by atoms with van der Waals surface area (Å²) in [7, 11) is 0. The summed E-state index contributed by atoms with van der Waals surface area (Å²) in [6.07, 6.45) is 4.08. The van der Waals surface area contributed by atoms with E-state index in [-0.39, 0.29) is 12.0 Å². The maximum absolute atomic E-state index is 9.12. The second kappa shape index (κ2) is 8.34. The Morgan fingerprint density at radius 1 is 1.18 bits per heavy atom. The summed E-state index contributed by atoms with van der Waals surface area (Å²) < 4.78 is 6.18. The highest BCUT2D eigenvalue weighted by atomic mass is 32.1. The first-order valence-electron chi connectivity index (χ1n) is 8.73. The third kappa shape index (κ3) is 6.00. The molecule has 0 aromatic rings. The molecule has 1 saturated carbocycles. The van der Waals surface area contributed by atoms with Crippen LogP contribution in [0.2, 0.25) is 0 Å². The van der Waals surface area contributed by atoms with Crippen LogP contribution in [0.4, 0.5) is 0 Å². The van der Waals surface area contributed by atoms with Gasteiger partial charge in [0.05, 0.1) is 19.4 Å². The van der Waals surface area contributed by atoms with E-state index in [0.29, 0.717) is 11.5 Å². The number of nitrogens with zero attached hydrogens (tertiary/aromatic N) is 2. The summed E-state index contributed by atoms with van der Waals surface area (Å²) in [5.74, 6) is 0.763. The van der Waals surface area contributed by atoms with Crippen molar-refractivity contribution < 1.29 is 9.84 Å². The first-order chi connectivity index (χ1) is 10.4. The number of hydrogen-bond donors (Lipinski definition) is 2. The standard InChI is InChI=1S/C17H34N2O2S/c1-14-8-15(10-17(2,3)9-14)21-12-16(22)11-18-4-6-19(13-20)7-5-18/h14-16,20,22H,4-13H2,1-3H3/t14-,15-,16+/m0/s1. The molecular formula is C17H34N2O2S. The first-order valence-corrected chi connectivity index (χ1v) is 9.25. The molecule has 1 N–H and O–H groups in total. The van der Waals surface area contributed by atoms with Crippen LogP contribution < -0.4 is 0 Å². The number of thiol groups is 1. The number of piperazine rings is 1. The molecule has 0 amide bonds. The van der Waals surface area contributed by atoms with Crippen molar-refractivity contribution in [3.05, 3.63) is 0 Å². The molecule has 0 unspecified atom stereocenters. The molecule has 130 valence electrons. The molecule has 4 nitrogen and oxygen atoms in total. The van der Waals surface area contributed by atoms with Gasteiger partial charge in [0.2, 0.25) is 0 Å². The van der Waals surface area contributed by atoms with Gasteiger partial charge in [0.1, 0.15) is 0 Å². The summed E-state index contributed by atoms with van der Waals surface area (Å²) in [5, 5.41) is 9.40. The van der Waals surface area contributed by atoms with Crippen molar-refractivity contribution in [2.45, 2.75) is 51.4 Å². The minimum absolute atomic E-state index is 0.177. The Morgan fingerprint density at radius 3 is 2.41 bits per heavy atom. The lowest BCUT2D eigenvalue weighted by Gasteiger charge is -2.39. The van der Waals surface area contributed by atoms with Crippen LogP contribution in [0.3, 0.4) is 0 Å². The number of aliphatic hydroxyl groups excluding tert-OH is 1. The highest BCUT2D eigenvalue weighted by Gasteiger charge is 2.32. The number of rotatable bonds is 6. The van der Waals surface area contributed by atoms with Crippen molar-refractivity contribution >= 4 is 12.6 Å². The van der Waals surface area contributed by atoms with Crippen LogP contribution in [-0.2, 0) is 4.74 Å². The van der Waals surface area contributed by atoms with E-state index >= 15 is 0 Å². The Hall–Kier alpha value is 0.190. The fourth-order valence-electron chi connectivity index (χ4n) is 4.10. The summed E-state index contributed by atoms with van der Waals surface area (Å²) in [5.41, 5.74) is 0.412. The van der Waals surface area contributed by atoms with Gasteiger partial charge < -0.3 is 9.84 Å². The molecule has 0 aromatic heterocycles. The fourth-order valence-corrected chi connectivity index (χ4v) is 4.41. The summed E-state index contributed by atoms with van der Waals surface area (Å²) in [4.78, 5) is 4.51. The van der Waals surface area contributed by atoms with Gasteiger partial charge in [0.15, 0.2) is 0 Å². The molecule has 1 saturated heterocycles. The van der Waals surface area contributed by atoms with Crippen LogP contribution in [0.15, 0.2) is 0 Å². The third-order valence-electron chi connectivity index (χ3n) is 5.00. The van der Waals surface area contributed by atoms with E-state index in [9.17, 15) is 0 Å². The average Bonchev–Trinajstić information content (AvgIpc) is 2.44. The summed E-state index contributed by atoms with van der Waals surface area (Å²) in [6.45, 7) is 12.9. The second-order valence-electron chi connectivity index (χ2n) is 8.08. The molecule has 0 bridgehead atoms. The summed E-state index contributed by atoms with van der Waals surface area (Å²) in [6, 6.07) is 0. The normalized spacial score (nSPS) is 32.0. The largest absolute Gasteiger partial charge is 0.381 e. The van der Waals surface area contributed by atoms with Gasteiger partial charge in [-0.1, -0.05) is 20.8 Å². The zero-order valence-electron chi connectivity index (χ0n) is 14.5. The molecule has 1 heterocycles. The highest BCUT2D eigenvalue weighted by molar-refractivity contribution is 7.81. The quantitative estimate of drug-likeness (QED) is 0.731. The maximum Gasteiger partial charge on any atom is 0.0957 e. The first kappa shape index (κ1) is 18.5. The minimum Gasteiger partial charge on any atom is -0.381 e. The molecule has 1 aliphatic carbocycles. The monoisotopic (exact) mass is 330 g/mol. The van der Waals surface area contributed by atoms with Gasteiger partial charge in [-0.05, 0) is 30.6 Å². The molecule has 2 fully saturated rings. The van der Waals surface area contributed by atoms with Crippen molar-refractivity contribution in [1.82, 2.24) is 9.80 Å². The molecule has 22 heavy (non-hydrogen) atoms. The van der Waals surface area contributed by atoms with Gasteiger partial charge in [0.25, 0.3) is 0 Å². The fraction of sp³-hybridized carbons (Fsp3) is 1.00. The molecule has 2 aliphatic rings. The van der Waals surface area contributed by atoms with Gasteiger partial charge >= 0.3 is 0 Å². The molecule has 0 spiro atoms. The molecule has 5 heteroatoms. The zero-order chi connectivity index (χ0) is 16.2. The van der Waals surface area contributed by atoms with Crippen molar-refractivity contribution in [1.29, 1.82) is 0 Å². The van der Waals surface area contributed by atoms with Crippen LogP contribution in [0.1, 0.15) is 40.0 Å². The Labute approximate surface area is 141 Å². The smallest absolute Gasteiger partial charge is 0.0957 e. The van der Waals surface area contributed by atoms with Crippen molar-refractivity contribution in [2.75, 3.05) is 46.1 Å². The number of ether oxygens (including phenoxy) is 1. The van der Waals surface area contributed by atoms with Gasteiger partial charge in [0, 0.05) is 38.0 Å². The Bertz CT molecular complexity index is 333. The third-order valence-corrected chi connectivity index (χ3v) is 5.32. The minimum atomic E-state index is 0.177. The van der Waals surface area contributed by atoms with Crippen LogP contribution in [0.25, 0.3) is 0 Å². The molecule has 2 rings (SSSR count). The van der Waals surface area contributed by atoms with Crippen molar-refractivity contribution in [3.63, 3.8) is 0 Å². The predicted molar refractivity (Wildman–Crippen MR) is 94.4 cm³/mol. The van der Waals surface area contributed by atoms with E-state index in [1.807, 2.05) is 0 Å². The molecule has 1 aliphatic heterocycles. The number of aliphatic hydroxyl groups is 1. The van der Waals surface area contributed by atoms with Gasteiger partial charge in [-0.25, -0.2) is 0 Å². The van der Waals surface area contributed by atoms with E-state index in [0.717, 1.165) is 45.2 Å². The lowest BCUT2D eigenvalue weighted by Crippen LogP contribution is -2.48. The maximum atomic E-state index is 9.12. The molecule has 0 aromatic carbocycles. The van der Waals surface area contributed by atoms with Crippen molar-refractivity contribution in [3.8, 4) is 0 Å². The Morgan fingerprint density at radius 2 is 1.82 bits per heavy atom. The lowest BCUT2D eigenvalue weighted by molar-refractivity contribution is -0.0250. The van der Waals surface area contributed by atoms with E-state index in [2.05, 4.69) is 30.6 Å². The average molecular weight is 331 g/mol. The number of hydrogen-bond acceptors (Lipinski definition) is 5. The van der Waals surface area contributed by atoms with E-state index in [1.165, 1.54) is 19.3 Å². The SMILES string of the molecule is C[C@H]1C[C@H](OC[C@H](S)CN2CCN(CO)CC2)CC(C)(C)C1. The predicted octanol–water partition coefficient (Wildman–Crippen LogP) is 2.08. The zero-order valence-corrected chi connectivity index (χ0v) is 15.4. The van der Waals surface area contributed by atoms with E-state index in [1.54, 1.807) is 0 Å². The molecule has 3 atom stereocenters. The van der Waals surface area contributed by atoms with Crippen molar-refractivity contribution in [2.24, 2.45) is 11.3 Å². The van der Waals surface area contributed by atoms with E-state index < -0.39 is 0 Å². The van der Waals surface area contributed by atoms with E-state index in [4.69, 9.17) is 22.5 Å². The van der Waals surface area contributed by atoms with Gasteiger partial charge in [-0.3, -0.25) is 9.80 Å². The van der Waals surface area contributed by atoms with Crippen LogP contribution >= 0.6 is 12.6 Å². The van der Waals surface area contributed by atoms with Gasteiger partial charge in [-0.15, -0.1) is 0 Å². The lowest BCUT2D eigenvalue weighted by atomic mass is 9.71. The van der Waals surface area contributed by atoms with Crippen LogP contribution in [0.5, 0.6) is 0 Å². The highest BCUT2D eigenvalue weighted by Crippen LogP contribution is 2.39. The van der Waals surface area contributed by atoms with Gasteiger partial charge in [-0.2, -0.15) is 12.6 Å². The summed E-state index contributed by atoms with van der Waals surface area (Å²) >= 11 is 4.72. The van der Waals surface area contributed by atoms with Crippen LogP contribution in [0, 0.1) is 11.3 Å².